The van der Waals surface area contributed by atoms with Crippen molar-refractivity contribution in [3.63, 3.8) is 0 Å². The van der Waals surface area contributed by atoms with Crippen molar-refractivity contribution in [3.8, 4) is 5.75 Å². The highest BCUT2D eigenvalue weighted by Crippen LogP contribution is 2.14. The Morgan fingerprint density at radius 1 is 0.722 bits per heavy atom. The van der Waals surface area contributed by atoms with E-state index in [0.29, 0.717) is 5.75 Å². The van der Waals surface area contributed by atoms with Gasteiger partial charge in [-0.05, 0) is 43.5 Å². The molecule has 0 atom stereocenters. The fourth-order valence-corrected chi connectivity index (χ4v) is 2.20. The Kier molecular flexibility index (Phi) is 8.32. The van der Waals surface area contributed by atoms with Crippen molar-refractivity contribution < 1.29 is 5.11 Å². The van der Waals surface area contributed by atoms with E-state index in [-0.39, 0.29) is 0 Å². The lowest BCUT2D eigenvalue weighted by Gasteiger charge is -2.03. The fourth-order valence-electron chi connectivity index (χ4n) is 2.20. The minimum absolute atomic E-state index is 0.358. The smallest absolute Gasteiger partial charge is 0.115 e. The van der Waals surface area contributed by atoms with Gasteiger partial charge >= 0.3 is 0 Å². The minimum Gasteiger partial charge on any atom is -0.508 e. The van der Waals surface area contributed by atoms with Crippen LogP contribution in [-0.4, -0.2) is 11.7 Å². The van der Waals surface area contributed by atoms with E-state index < -0.39 is 0 Å². The van der Waals surface area contributed by atoms with Crippen LogP contribution in [0.2, 0.25) is 0 Å². The SMILES string of the molecule is NCCCCCCCCCCc1ccc(O)cc1. The first-order valence-electron chi connectivity index (χ1n) is 7.31. The van der Waals surface area contributed by atoms with Gasteiger partial charge < -0.3 is 10.8 Å². The first kappa shape index (κ1) is 15.0. The van der Waals surface area contributed by atoms with E-state index in [4.69, 9.17) is 5.73 Å². The number of hydrogen-bond acceptors (Lipinski definition) is 2. The largest absolute Gasteiger partial charge is 0.508 e. The highest BCUT2D eigenvalue weighted by molar-refractivity contribution is 5.25. The Hall–Kier alpha value is -1.02. The van der Waals surface area contributed by atoms with Crippen LogP contribution in [0.1, 0.15) is 56.9 Å². The van der Waals surface area contributed by atoms with E-state index in [0.717, 1.165) is 13.0 Å². The third-order valence-electron chi connectivity index (χ3n) is 3.36. The van der Waals surface area contributed by atoms with Gasteiger partial charge in [-0.15, -0.1) is 0 Å². The molecule has 3 N–H and O–H groups in total. The van der Waals surface area contributed by atoms with Gasteiger partial charge in [0, 0.05) is 0 Å². The maximum absolute atomic E-state index is 9.18. The quantitative estimate of drug-likeness (QED) is 0.615. The van der Waals surface area contributed by atoms with E-state index in [1.165, 1.54) is 56.9 Å². The van der Waals surface area contributed by atoms with Crippen molar-refractivity contribution >= 4 is 0 Å². The average molecular weight is 249 g/mol. The molecule has 0 amide bonds. The molecule has 1 aromatic rings. The minimum atomic E-state index is 0.358. The Morgan fingerprint density at radius 2 is 1.22 bits per heavy atom. The Morgan fingerprint density at radius 3 is 1.78 bits per heavy atom. The van der Waals surface area contributed by atoms with Crippen LogP contribution in [0.5, 0.6) is 5.75 Å². The molecule has 0 aliphatic heterocycles. The lowest BCUT2D eigenvalue weighted by atomic mass is 10.0. The van der Waals surface area contributed by atoms with Gasteiger partial charge in [0.2, 0.25) is 0 Å². The molecule has 0 bridgehead atoms. The Bertz CT molecular complexity index is 294. The molecule has 0 aromatic heterocycles. The molecule has 2 heteroatoms. The van der Waals surface area contributed by atoms with Gasteiger partial charge in [0.05, 0.1) is 0 Å². The Balaban J connectivity index is 1.91. The second-order valence-electron chi connectivity index (χ2n) is 5.03. The zero-order valence-electron chi connectivity index (χ0n) is 11.4. The number of hydrogen-bond donors (Lipinski definition) is 2. The standard InChI is InChI=1S/C16H27NO/c17-14-8-6-4-2-1-3-5-7-9-15-10-12-16(18)13-11-15/h10-13,18H,1-9,14,17H2. The number of phenols is 1. The predicted octanol–water partition coefficient (Wildman–Crippen LogP) is 4.01. The summed E-state index contributed by atoms with van der Waals surface area (Å²) in [5.74, 6) is 0.358. The maximum Gasteiger partial charge on any atom is 0.115 e. The summed E-state index contributed by atoms with van der Waals surface area (Å²) in [5, 5.41) is 9.18. The van der Waals surface area contributed by atoms with Gasteiger partial charge in [-0.1, -0.05) is 50.7 Å². The lowest BCUT2D eigenvalue weighted by Crippen LogP contribution is -1.97. The fraction of sp³-hybridized carbons (Fsp3) is 0.625. The summed E-state index contributed by atoms with van der Waals surface area (Å²) >= 11 is 0. The summed E-state index contributed by atoms with van der Waals surface area (Å²) in [4.78, 5) is 0. The lowest BCUT2D eigenvalue weighted by molar-refractivity contribution is 0.475. The Labute approximate surface area is 111 Å². The molecule has 0 heterocycles. The topological polar surface area (TPSA) is 46.2 Å². The van der Waals surface area contributed by atoms with Crippen molar-refractivity contribution in [1.82, 2.24) is 0 Å². The van der Waals surface area contributed by atoms with E-state index in [1.54, 1.807) is 12.1 Å². The van der Waals surface area contributed by atoms with Crippen LogP contribution < -0.4 is 5.73 Å². The zero-order chi connectivity index (χ0) is 13.1. The number of benzene rings is 1. The van der Waals surface area contributed by atoms with E-state index in [1.807, 2.05) is 12.1 Å². The molecule has 0 spiro atoms. The molecule has 0 saturated heterocycles. The summed E-state index contributed by atoms with van der Waals surface area (Å²) in [6.07, 6.45) is 11.6. The summed E-state index contributed by atoms with van der Waals surface area (Å²) in [6, 6.07) is 7.57. The van der Waals surface area contributed by atoms with Crippen LogP contribution in [-0.2, 0) is 6.42 Å². The molecule has 102 valence electrons. The van der Waals surface area contributed by atoms with Crippen LogP contribution in [0.3, 0.4) is 0 Å². The van der Waals surface area contributed by atoms with Crippen molar-refractivity contribution in [1.29, 1.82) is 0 Å². The van der Waals surface area contributed by atoms with Crippen LogP contribution in [0.15, 0.2) is 24.3 Å². The molecule has 0 saturated carbocycles. The second kappa shape index (κ2) is 9.95. The molecule has 2 nitrogen and oxygen atoms in total. The number of phenolic OH excluding ortho intramolecular Hbond substituents is 1. The molecule has 0 aliphatic rings. The number of nitrogens with two attached hydrogens (primary N) is 1. The van der Waals surface area contributed by atoms with Crippen molar-refractivity contribution in [2.75, 3.05) is 6.54 Å². The van der Waals surface area contributed by atoms with Crippen molar-refractivity contribution in [3.05, 3.63) is 29.8 Å². The normalized spacial score (nSPS) is 10.7. The second-order valence-corrected chi connectivity index (χ2v) is 5.03. The van der Waals surface area contributed by atoms with Crippen molar-refractivity contribution in [2.24, 2.45) is 5.73 Å². The first-order chi connectivity index (χ1) is 8.83. The molecule has 0 aliphatic carbocycles. The number of aromatic hydroxyl groups is 1. The number of unbranched alkanes of at least 4 members (excludes halogenated alkanes) is 7. The van der Waals surface area contributed by atoms with Gasteiger partial charge in [0.15, 0.2) is 0 Å². The molecule has 1 rings (SSSR count). The third-order valence-corrected chi connectivity index (χ3v) is 3.36. The molecule has 0 unspecified atom stereocenters. The molecular weight excluding hydrogens is 222 g/mol. The summed E-state index contributed by atoms with van der Waals surface area (Å²) in [7, 11) is 0. The molecule has 18 heavy (non-hydrogen) atoms. The van der Waals surface area contributed by atoms with Gasteiger partial charge in [-0.3, -0.25) is 0 Å². The van der Waals surface area contributed by atoms with Crippen LogP contribution in [0, 0.1) is 0 Å². The molecule has 1 aromatic carbocycles. The maximum atomic E-state index is 9.18. The van der Waals surface area contributed by atoms with E-state index >= 15 is 0 Å². The highest BCUT2D eigenvalue weighted by Gasteiger charge is 1.95. The number of rotatable bonds is 10. The number of aryl methyl sites for hydroxylation is 1. The van der Waals surface area contributed by atoms with E-state index in [2.05, 4.69) is 0 Å². The van der Waals surface area contributed by atoms with Crippen LogP contribution >= 0.6 is 0 Å². The summed E-state index contributed by atoms with van der Waals surface area (Å²) in [6.45, 7) is 0.840. The average Bonchev–Trinajstić information content (AvgIpc) is 2.39. The zero-order valence-corrected chi connectivity index (χ0v) is 11.4. The van der Waals surface area contributed by atoms with Crippen molar-refractivity contribution in [2.45, 2.75) is 57.8 Å². The van der Waals surface area contributed by atoms with E-state index in [9.17, 15) is 5.11 Å². The van der Waals surface area contributed by atoms with Crippen LogP contribution in [0.4, 0.5) is 0 Å². The molecule has 0 fully saturated rings. The third kappa shape index (κ3) is 7.33. The monoisotopic (exact) mass is 249 g/mol. The summed E-state index contributed by atoms with van der Waals surface area (Å²) < 4.78 is 0. The van der Waals surface area contributed by atoms with Gasteiger partial charge in [0.25, 0.3) is 0 Å². The first-order valence-corrected chi connectivity index (χ1v) is 7.31. The predicted molar refractivity (Wildman–Crippen MR) is 77.8 cm³/mol. The van der Waals surface area contributed by atoms with Gasteiger partial charge in [0.1, 0.15) is 5.75 Å². The molecular formula is C16H27NO. The summed E-state index contributed by atoms with van der Waals surface area (Å²) in [5.41, 5.74) is 6.79. The highest BCUT2D eigenvalue weighted by atomic mass is 16.3. The molecule has 0 radical (unpaired) electrons. The van der Waals surface area contributed by atoms with Gasteiger partial charge in [-0.25, -0.2) is 0 Å². The van der Waals surface area contributed by atoms with Crippen LogP contribution in [0.25, 0.3) is 0 Å². The van der Waals surface area contributed by atoms with Gasteiger partial charge in [-0.2, -0.15) is 0 Å².